The first-order valence-electron chi connectivity index (χ1n) is 18.6. The van der Waals surface area contributed by atoms with Gasteiger partial charge in [0.2, 0.25) is 23.6 Å². The van der Waals surface area contributed by atoms with Gasteiger partial charge in [-0.2, -0.15) is 0 Å². The predicted octanol–water partition coefficient (Wildman–Crippen LogP) is 4.54. The molecule has 4 amide bonds. The van der Waals surface area contributed by atoms with Gasteiger partial charge in [-0.15, -0.1) is 0 Å². The molecule has 1 saturated heterocycles. The molecule has 53 heavy (non-hydrogen) atoms. The number of nitrogens with zero attached hydrogens (tertiary/aromatic N) is 3. The zero-order chi connectivity index (χ0) is 39.3. The van der Waals surface area contributed by atoms with Crippen molar-refractivity contribution in [1.29, 1.82) is 0 Å². The van der Waals surface area contributed by atoms with Crippen molar-refractivity contribution in [2.24, 2.45) is 11.8 Å². The van der Waals surface area contributed by atoms with Gasteiger partial charge in [0.15, 0.2) is 0 Å². The first-order valence-corrected chi connectivity index (χ1v) is 18.6. The highest BCUT2D eigenvalue weighted by atomic mass is 16.6. The third-order valence-electron chi connectivity index (χ3n) is 9.25. The normalized spacial score (nSPS) is 15.4. The summed E-state index contributed by atoms with van der Waals surface area (Å²) in [5, 5.41) is 2.80. The Bertz CT molecular complexity index is 1540. The lowest BCUT2D eigenvalue weighted by atomic mass is 9.97. The number of piperidine rings is 1. The lowest BCUT2D eigenvalue weighted by molar-refractivity contribution is -0.159. The van der Waals surface area contributed by atoms with Crippen molar-refractivity contribution >= 4 is 35.6 Å². The van der Waals surface area contributed by atoms with Crippen molar-refractivity contribution in [3.8, 4) is 0 Å². The van der Waals surface area contributed by atoms with Gasteiger partial charge in [-0.05, 0) is 57.1 Å². The molecule has 1 heterocycles. The van der Waals surface area contributed by atoms with Gasteiger partial charge >= 0.3 is 11.9 Å². The number of rotatable bonds is 16. The number of carbonyl (C=O) groups excluding carboxylic acids is 6. The molecule has 1 aliphatic heterocycles. The number of hydrogen-bond acceptors (Lipinski definition) is 8. The van der Waals surface area contributed by atoms with Crippen LogP contribution < -0.4 is 5.32 Å². The first kappa shape index (κ1) is 42.7. The Balaban J connectivity index is 1.85. The van der Waals surface area contributed by atoms with E-state index in [2.05, 4.69) is 5.32 Å². The molecule has 3 rings (SSSR count). The number of benzene rings is 2. The molecule has 1 fully saturated rings. The van der Waals surface area contributed by atoms with Crippen LogP contribution in [0.4, 0.5) is 0 Å². The van der Waals surface area contributed by atoms with Gasteiger partial charge in [0.25, 0.3) is 0 Å². The lowest BCUT2D eigenvalue weighted by Crippen LogP contribution is -2.60. The summed E-state index contributed by atoms with van der Waals surface area (Å²) >= 11 is 0. The molecule has 290 valence electrons. The molecule has 0 radical (unpaired) electrons. The summed E-state index contributed by atoms with van der Waals surface area (Å²) in [5.74, 6) is -4.26. The molecule has 0 saturated carbocycles. The number of nitrogens with one attached hydrogen (secondary N) is 1. The van der Waals surface area contributed by atoms with Crippen molar-refractivity contribution in [3.63, 3.8) is 0 Å². The fourth-order valence-corrected chi connectivity index (χ4v) is 6.50. The molecule has 0 aliphatic carbocycles. The Hall–Kier alpha value is -4.74. The summed E-state index contributed by atoms with van der Waals surface area (Å²) in [7, 11) is 3.02. The van der Waals surface area contributed by atoms with Crippen LogP contribution in [0.1, 0.15) is 84.8 Å². The standard InChI is InChI=1S/C41H58N4O8/c1-28(2)36(37(48)42-32(39(50)45-22-16-11-17-23-45)26-34(46)52-27-31-20-14-10-15-21-31)44(8)40(51)33(25-30-18-12-9-13-19-30)43(7)38(49)29(3)24-35(47)53-41(4,5)6/h9-10,12-15,18-21,28-29,32-33,36H,11,16-17,22-27H2,1-8H3,(H,42,48)/t29-,32+,33?,36+/m1/s1. The number of carbonyl (C=O) groups is 6. The second-order valence-electron chi connectivity index (χ2n) is 15.3. The number of esters is 2. The minimum Gasteiger partial charge on any atom is -0.461 e. The van der Waals surface area contributed by atoms with Crippen LogP contribution in [0.25, 0.3) is 0 Å². The Morgan fingerprint density at radius 3 is 1.87 bits per heavy atom. The van der Waals surface area contributed by atoms with Gasteiger partial charge < -0.3 is 29.5 Å². The Morgan fingerprint density at radius 2 is 1.32 bits per heavy atom. The van der Waals surface area contributed by atoms with Crippen molar-refractivity contribution in [3.05, 3.63) is 71.8 Å². The fourth-order valence-electron chi connectivity index (χ4n) is 6.50. The van der Waals surface area contributed by atoms with Crippen molar-refractivity contribution in [2.45, 2.75) is 110 Å². The molecule has 1 unspecified atom stereocenters. The lowest BCUT2D eigenvalue weighted by Gasteiger charge is -2.37. The molecule has 0 bridgehead atoms. The Labute approximate surface area is 314 Å². The summed E-state index contributed by atoms with van der Waals surface area (Å²) in [6.45, 7) is 11.5. The second-order valence-corrected chi connectivity index (χ2v) is 15.3. The van der Waals surface area contributed by atoms with Gasteiger partial charge in [0.05, 0.1) is 12.8 Å². The summed E-state index contributed by atoms with van der Waals surface area (Å²) in [6, 6.07) is 15.1. The van der Waals surface area contributed by atoms with E-state index in [1.54, 1.807) is 46.4 Å². The van der Waals surface area contributed by atoms with E-state index in [4.69, 9.17) is 9.47 Å². The molecule has 12 heteroatoms. The molecule has 1 N–H and O–H groups in total. The number of hydrogen-bond donors (Lipinski definition) is 1. The van der Waals surface area contributed by atoms with Crippen LogP contribution in [-0.2, 0) is 51.3 Å². The maximum Gasteiger partial charge on any atom is 0.308 e. The van der Waals surface area contributed by atoms with Gasteiger partial charge in [-0.1, -0.05) is 81.4 Å². The number of likely N-dealkylation sites (N-methyl/N-ethyl adjacent to an activating group) is 2. The summed E-state index contributed by atoms with van der Waals surface area (Å²) in [4.78, 5) is 86.1. The van der Waals surface area contributed by atoms with E-state index in [9.17, 15) is 28.8 Å². The van der Waals surface area contributed by atoms with Crippen LogP contribution in [0, 0.1) is 11.8 Å². The molecular formula is C41H58N4O8. The molecule has 0 aromatic heterocycles. The molecule has 12 nitrogen and oxygen atoms in total. The van der Waals surface area contributed by atoms with Crippen LogP contribution in [0.15, 0.2) is 60.7 Å². The fraction of sp³-hybridized carbons (Fsp3) is 0.561. The molecule has 0 spiro atoms. The third-order valence-corrected chi connectivity index (χ3v) is 9.25. The first-order chi connectivity index (χ1) is 25.0. The van der Waals surface area contributed by atoms with E-state index >= 15 is 0 Å². The number of ether oxygens (including phenoxy) is 2. The smallest absolute Gasteiger partial charge is 0.308 e. The number of amides is 4. The highest BCUT2D eigenvalue weighted by Crippen LogP contribution is 2.21. The average Bonchev–Trinajstić information content (AvgIpc) is 3.11. The number of likely N-dealkylation sites (tertiary alicyclic amines) is 1. The molecule has 2 aromatic rings. The van der Waals surface area contributed by atoms with E-state index in [0.717, 1.165) is 30.4 Å². The molecular weight excluding hydrogens is 676 g/mol. The Morgan fingerprint density at radius 1 is 0.755 bits per heavy atom. The zero-order valence-corrected chi connectivity index (χ0v) is 32.6. The van der Waals surface area contributed by atoms with Gasteiger partial charge in [-0.25, -0.2) is 0 Å². The minimum absolute atomic E-state index is 0.0233. The topological polar surface area (TPSA) is 143 Å². The van der Waals surface area contributed by atoms with Crippen molar-refractivity contribution < 1.29 is 38.2 Å². The SMILES string of the molecule is CC(C)[C@@H](C(=O)N[C@@H](CC(=O)OCc1ccccc1)C(=O)N1CCCCC1)N(C)C(=O)C(Cc1ccccc1)N(C)C(=O)[C@H](C)CC(=O)OC(C)(C)C. The van der Waals surface area contributed by atoms with E-state index in [1.807, 2.05) is 60.7 Å². The molecule has 4 atom stereocenters. The van der Waals surface area contributed by atoms with E-state index in [-0.39, 0.29) is 31.8 Å². The highest BCUT2D eigenvalue weighted by molar-refractivity contribution is 5.96. The van der Waals surface area contributed by atoms with Crippen molar-refractivity contribution in [1.82, 2.24) is 20.0 Å². The van der Waals surface area contributed by atoms with E-state index < -0.39 is 65.2 Å². The average molecular weight is 735 g/mol. The maximum absolute atomic E-state index is 14.5. The van der Waals surface area contributed by atoms with Crippen molar-refractivity contribution in [2.75, 3.05) is 27.2 Å². The maximum atomic E-state index is 14.5. The Kier molecular flexibility index (Phi) is 16.0. The molecule has 1 aliphatic rings. The summed E-state index contributed by atoms with van der Waals surface area (Å²) in [6.07, 6.45) is 2.24. The van der Waals surface area contributed by atoms with Gasteiger partial charge in [0, 0.05) is 39.5 Å². The van der Waals surface area contributed by atoms with Gasteiger partial charge in [-0.3, -0.25) is 28.8 Å². The predicted molar refractivity (Wildman–Crippen MR) is 201 cm³/mol. The monoisotopic (exact) mass is 734 g/mol. The zero-order valence-electron chi connectivity index (χ0n) is 32.6. The minimum atomic E-state index is -1.20. The van der Waals surface area contributed by atoms with E-state index in [0.29, 0.717) is 13.1 Å². The van der Waals surface area contributed by atoms with Crippen LogP contribution in [0.3, 0.4) is 0 Å². The van der Waals surface area contributed by atoms with Crippen LogP contribution in [0.5, 0.6) is 0 Å². The van der Waals surface area contributed by atoms with Gasteiger partial charge in [0.1, 0.15) is 30.3 Å². The van der Waals surface area contributed by atoms with E-state index in [1.165, 1.54) is 23.9 Å². The summed E-state index contributed by atoms with van der Waals surface area (Å²) in [5.41, 5.74) is 0.869. The second kappa shape index (κ2) is 19.9. The molecule has 2 aromatic carbocycles. The largest absolute Gasteiger partial charge is 0.461 e. The highest BCUT2D eigenvalue weighted by Gasteiger charge is 2.39. The quantitative estimate of drug-likeness (QED) is 0.248. The van der Waals surface area contributed by atoms with Crippen LogP contribution >= 0.6 is 0 Å². The van der Waals surface area contributed by atoms with Crippen LogP contribution in [-0.4, -0.2) is 101 Å². The van der Waals surface area contributed by atoms with Crippen LogP contribution in [0.2, 0.25) is 0 Å². The third kappa shape index (κ3) is 13.3. The summed E-state index contributed by atoms with van der Waals surface area (Å²) < 4.78 is 10.9.